The molecule has 112 valence electrons. The summed E-state index contributed by atoms with van der Waals surface area (Å²) in [5.41, 5.74) is -0.163. The Morgan fingerprint density at radius 1 is 1.00 bits per heavy atom. The Kier molecular flexibility index (Phi) is 5.00. The monoisotopic (exact) mass is 361 g/mol. The van der Waals surface area contributed by atoms with E-state index >= 15 is 0 Å². The molecule has 0 aromatic heterocycles. The van der Waals surface area contributed by atoms with Gasteiger partial charge in [0.1, 0.15) is 11.6 Å². The van der Waals surface area contributed by atoms with Crippen LogP contribution in [0.2, 0.25) is 0 Å². The molecule has 0 saturated carbocycles. The highest BCUT2D eigenvalue weighted by atomic mass is 79.9. The van der Waals surface area contributed by atoms with Gasteiger partial charge >= 0.3 is 0 Å². The predicted octanol–water partition coefficient (Wildman–Crippen LogP) is 4.51. The first kappa shape index (κ1) is 16.0. The zero-order valence-corrected chi connectivity index (χ0v) is 12.6. The fourth-order valence-electron chi connectivity index (χ4n) is 2.12. The van der Waals surface area contributed by atoms with Gasteiger partial charge in [-0.2, -0.15) is 0 Å². The Bertz CT molecular complexity index is 660. The van der Waals surface area contributed by atoms with Gasteiger partial charge in [-0.3, -0.25) is 0 Å². The van der Waals surface area contributed by atoms with Gasteiger partial charge in [0, 0.05) is 17.2 Å². The van der Waals surface area contributed by atoms with Crippen molar-refractivity contribution in [2.75, 3.05) is 7.05 Å². The van der Waals surface area contributed by atoms with Crippen LogP contribution >= 0.6 is 15.9 Å². The molecule has 0 aliphatic carbocycles. The van der Waals surface area contributed by atoms with Crippen molar-refractivity contribution >= 4 is 15.9 Å². The maximum absolute atomic E-state index is 14.0. The van der Waals surface area contributed by atoms with E-state index in [1.165, 1.54) is 25.2 Å². The van der Waals surface area contributed by atoms with Crippen molar-refractivity contribution in [3.8, 4) is 0 Å². The van der Waals surface area contributed by atoms with Crippen LogP contribution in [0, 0.1) is 23.3 Å². The second-order valence-electron chi connectivity index (χ2n) is 4.51. The van der Waals surface area contributed by atoms with Crippen molar-refractivity contribution in [1.29, 1.82) is 0 Å². The molecule has 1 atom stereocenters. The van der Waals surface area contributed by atoms with Crippen LogP contribution in [0.25, 0.3) is 0 Å². The maximum Gasteiger partial charge on any atom is 0.163 e. The maximum atomic E-state index is 14.0. The van der Waals surface area contributed by atoms with Gasteiger partial charge in [0.2, 0.25) is 0 Å². The number of nitrogens with one attached hydrogen (secondary N) is 1. The van der Waals surface area contributed by atoms with Gasteiger partial charge in [-0.25, -0.2) is 17.6 Å². The Hall–Kier alpha value is -1.40. The van der Waals surface area contributed by atoms with Crippen molar-refractivity contribution in [1.82, 2.24) is 5.32 Å². The summed E-state index contributed by atoms with van der Waals surface area (Å²) in [4.78, 5) is 0. The first-order valence-electron chi connectivity index (χ1n) is 6.19. The molecule has 1 N–H and O–H groups in total. The molecule has 0 saturated heterocycles. The van der Waals surface area contributed by atoms with E-state index in [0.29, 0.717) is 0 Å². The van der Waals surface area contributed by atoms with Crippen LogP contribution in [0.3, 0.4) is 0 Å². The fraction of sp³-hybridized carbons (Fsp3) is 0.200. The second-order valence-corrected chi connectivity index (χ2v) is 5.36. The summed E-state index contributed by atoms with van der Waals surface area (Å²) in [6, 6.07) is 5.35. The SMILES string of the molecule is CNC(Cc1c(F)ccc(Br)c1F)c1cccc(F)c1F. The quantitative estimate of drug-likeness (QED) is 0.624. The van der Waals surface area contributed by atoms with Crippen molar-refractivity contribution in [2.45, 2.75) is 12.5 Å². The normalized spacial score (nSPS) is 12.5. The van der Waals surface area contributed by atoms with Gasteiger partial charge in [-0.15, -0.1) is 0 Å². The molecular weight excluding hydrogens is 350 g/mol. The third-order valence-corrected chi connectivity index (χ3v) is 3.86. The van der Waals surface area contributed by atoms with Crippen LogP contribution in [-0.4, -0.2) is 7.05 Å². The molecule has 1 nitrogen and oxygen atoms in total. The standard InChI is InChI=1S/C15H12BrF4N/c1-21-13(8-3-2-4-12(18)15(8)20)7-9-11(17)6-5-10(16)14(9)19/h2-6,13,21H,7H2,1H3. The van der Waals surface area contributed by atoms with Gasteiger partial charge < -0.3 is 5.32 Å². The Balaban J connectivity index is 2.41. The van der Waals surface area contributed by atoms with E-state index in [4.69, 9.17) is 0 Å². The van der Waals surface area contributed by atoms with Gasteiger partial charge in [0.25, 0.3) is 0 Å². The molecule has 1 unspecified atom stereocenters. The summed E-state index contributed by atoms with van der Waals surface area (Å²) in [5, 5.41) is 2.75. The molecule has 2 aromatic rings. The molecule has 0 amide bonds. The lowest BCUT2D eigenvalue weighted by atomic mass is 9.97. The lowest BCUT2D eigenvalue weighted by molar-refractivity contribution is 0.463. The van der Waals surface area contributed by atoms with E-state index in [1.807, 2.05) is 0 Å². The minimum atomic E-state index is -1.02. The first-order chi connectivity index (χ1) is 9.95. The van der Waals surface area contributed by atoms with Gasteiger partial charge in [-0.05, 0) is 47.6 Å². The predicted molar refractivity (Wildman–Crippen MR) is 75.9 cm³/mol. The number of hydrogen-bond acceptors (Lipinski definition) is 1. The molecule has 0 heterocycles. The molecule has 0 bridgehead atoms. The van der Waals surface area contributed by atoms with Crippen LogP contribution in [0.1, 0.15) is 17.2 Å². The minimum absolute atomic E-state index is 0.0243. The van der Waals surface area contributed by atoms with Crippen molar-refractivity contribution in [2.24, 2.45) is 0 Å². The highest BCUT2D eigenvalue weighted by Crippen LogP contribution is 2.28. The van der Waals surface area contributed by atoms with Crippen molar-refractivity contribution in [3.63, 3.8) is 0 Å². The first-order valence-corrected chi connectivity index (χ1v) is 6.98. The smallest absolute Gasteiger partial charge is 0.163 e. The number of halogens is 5. The Labute approximate surface area is 128 Å². The molecule has 0 radical (unpaired) electrons. The van der Waals surface area contributed by atoms with Crippen molar-refractivity contribution < 1.29 is 17.6 Å². The van der Waals surface area contributed by atoms with E-state index < -0.39 is 29.3 Å². The molecule has 6 heteroatoms. The van der Waals surface area contributed by atoms with Gasteiger partial charge in [0.05, 0.1) is 4.47 Å². The summed E-state index contributed by atoms with van der Waals surface area (Å²) in [7, 11) is 1.52. The Morgan fingerprint density at radius 3 is 2.38 bits per heavy atom. The second kappa shape index (κ2) is 6.58. The number of likely N-dealkylation sites (N-methyl/N-ethyl adjacent to an activating group) is 1. The average Bonchev–Trinajstić information content (AvgIpc) is 2.47. The molecule has 0 fully saturated rings. The molecule has 0 spiro atoms. The number of benzene rings is 2. The number of hydrogen-bond donors (Lipinski definition) is 1. The molecule has 0 aliphatic heterocycles. The lowest BCUT2D eigenvalue weighted by Gasteiger charge is -2.18. The third-order valence-electron chi connectivity index (χ3n) is 3.25. The van der Waals surface area contributed by atoms with E-state index in [1.54, 1.807) is 0 Å². The summed E-state index contributed by atoms with van der Waals surface area (Å²) in [6.45, 7) is 0. The van der Waals surface area contributed by atoms with Crippen LogP contribution < -0.4 is 5.32 Å². The zero-order valence-electron chi connectivity index (χ0n) is 11.1. The van der Waals surface area contributed by atoms with Crippen molar-refractivity contribution in [3.05, 3.63) is 69.2 Å². The number of rotatable bonds is 4. The molecule has 21 heavy (non-hydrogen) atoms. The van der Waals surface area contributed by atoms with Crippen LogP contribution in [0.5, 0.6) is 0 Å². The fourth-order valence-corrected chi connectivity index (χ4v) is 2.49. The van der Waals surface area contributed by atoms with E-state index in [2.05, 4.69) is 21.2 Å². The largest absolute Gasteiger partial charge is 0.313 e. The van der Waals surface area contributed by atoms with E-state index in [-0.39, 0.29) is 22.0 Å². The highest BCUT2D eigenvalue weighted by molar-refractivity contribution is 9.10. The molecule has 0 aliphatic rings. The summed E-state index contributed by atoms with van der Waals surface area (Å²) < 4.78 is 54.9. The minimum Gasteiger partial charge on any atom is -0.313 e. The molecule has 2 rings (SSSR count). The van der Waals surface area contributed by atoms with Crippen LogP contribution in [0.15, 0.2) is 34.8 Å². The zero-order chi connectivity index (χ0) is 15.6. The van der Waals surface area contributed by atoms with E-state index in [9.17, 15) is 17.6 Å². The Morgan fingerprint density at radius 2 is 1.71 bits per heavy atom. The molecular formula is C15H12BrF4N. The lowest BCUT2D eigenvalue weighted by Crippen LogP contribution is -2.21. The van der Waals surface area contributed by atoms with Gasteiger partial charge in [0.15, 0.2) is 11.6 Å². The third kappa shape index (κ3) is 3.27. The van der Waals surface area contributed by atoms with Gasteiger partial charge in [-0.1, -0.05) is 12.1 Å². The topological polar surface area (TPSA) is 12.0 Å². The summed E-state index contributed by atoms with van der Waals surface area (Å²) >= 11 is 2.98. The molecule has 2 aromatic carbocycles. The summed E-state index contributed by atoms with van der Waals surface area (Å²) in [5.74, 6) is -3.49. The van der Waals surface area contributed by atoms with E-state index in [0.717, 1.165) is 12.1 Å². The van der Waals surface area contributed by atoms with Crippen LogP contribution in [-0.2, 0) is 6.42 Å². The average molecular weight is 362 g/mol. The van der Waals surface area contributed by atoms with Crippen LogP contribution in [0.4, 0.5) is 17.6 Å². The summed E-state index contributed by atoms with van der Waals surface area (Å²) in [6.07, 6.45) is -0.145. The highest BCUT2D eigenvalue weighted by Gasteiger charge is 2.21.